The molecule has 0 fully saturated rings. The van der Waals surface area contributed by atoms with E-state index in [0.717, 1.165) is 6.07 Å². The van der Waals surface area contributed by atoms with Crippen molar-refractivity contribution in [2.24, 2.45) is 0 Å². The third kappa shape index (κ3) is 3.27. The highest BCUT2D eigenvalue weighted by Gasteiger charge is 2.20. The van der Waals surface area contributed by atoms with Gasteiger partial charge in [0.1, 0.15) is 0 Å². The number of esters is 1. The van der Waals surface area contributed by atoms with Crippen LogP contribution in [0.1, 0.15) is 22.8 Å². The Morgan fingerprint density at radius 1 is 1.56 bits per heavy atom. The van der Waals surface area contributed by atoms with Gasteiger partial charge in [0.05, 0.1) is 23.0 Å². The summed E-state index contributed by atoms with van der Waals surface area (Å²) in [5, 5.41) is 10.8. The highest BCUT2D eigenvalue weighted by molar-refractivity contribution is 6.33. The smallest absolute Gasteiger partial charge is 0.310 e. The van der Waals surface area contributed by atoms with Gasteiger partial charge in [0.2, 0.25) is 0 Å². The Labute approximate surface area is 108 Å². The van der Waals surface area contributed by atoms with Crippen LogP contribution in [-0.4, -0.2) is 23.8 Å². The highest BCUT2D eigenvalue weighted by atomic mass is 35.5. The normalized spacial score (nSPS) is 9.89. The minimum Gasteiger partial charge on any atom is -0.466 e. The summed E-state index contributed by atoms with van der Waals surface area (Å²) >= 11 is 5.69. The molecule has 0 saturated carbocycles. The number of nitrogens with zero attached hydrogens (tertiary/aromatic N) is 1. The molecule has 0 spiro atoms. The van der Waals surface area contributed by atoms with Crippen LogP contribution in [0, 0.1) is 10.1 Å². The molecule has 7 heteroatoms. The summed E-state index contributed by atoms with van der Waals surface area (Å²) < 4.78 is 4.70. The predicted molar refractivity (Wildman–Crippen MR) is 63.8 cm³/mol. The largest absolute Gasteiger partial charge is 0.466 e. The van der Waals surface area contributed by atoms with Crippen LogP contribution in [-0.2, 0) is 16.0 Å². The van der Waals surface area contributed by atoms with Crippen molar-refractivity contribution in [1.29, 1.82) is 0 Å². The van der Waals surface area contributed by atoms with E-state index in [2.05, 4.69) is 0 Å². The molecule has 0 aliphatic carbocycles. The van der Waals surface area contributed by atoms with Gasteiger partial charge in [-0.3, -0.25) is 19.7 Å². The maximum atomic E-state index is 11.3. The van der Waals surface area contributed by atoms with E-state index in [1.807, 2.05) is 0 Å². The molecule has 0 aliphatic heterocycles. The van der Waals surface area contributed by atoms with Gasteiger partial charge in [-0.2, -0.15) is 0 Å². The van der Waals surface area contributed by atoms with Crippen molar-refractivity contribution in [3.05, 3.63) is 38.4 Å². The summed E-state index contributed by atoms with van der Waals surface area (Å²) in [5.41, 5.74) is -0.106. The summed E-state index contributed by atoms with van der Waals surface area (Å²) in [6, 6.07) is 2.28. The fourth-order valence-electron chi connectivity index (χ4n) is 1.40. The van der Waals surface area contributed by atoms with Crippen molar-refractivity contribution in [3.8, 4) is 0 Å². The number of carbonyl (C=O) groups is 2. The first-order chi connectivity index (χ1) is 8.49. The van der Waals surface area contributed by atoms with Crippen molar-refractivity contribution in [1.82, 2.24) is 0 Å². The Balaban J connectivity index is 3.18. The average molecular weight is 272 g/mol. The van der Waals surface area contributed by atoms with Crippen LogP contribution in [0.5, 0.6) is 0 Å². The second-order valence-electron chi connectivity index (χ2n) is 3.36. The standard InChI is InChI=1S/C11H10ClNO5/c1-2-18-11(15)4-7-3-8(6-14)9(12)5-10(7)13(16)17/h3,5-6H,2,4H2,1H3. The second-order valence-corrected chi connectivity index (χ2v) is 3.77. The van der Waals surface area contributed by atoms with Crippen molar-refractivity contribution in [2.45, 2.75) is 13.3 Å². The van der Waals surface area contributed by atoms with Crippen molar-refractivity contribution in [2.75, 3.05) is 6.61 Å². The number of benzene rings is 1. The van der Waals surface area contributed by atoms with E-state index < -0.39 is 10.9 Å². The zero-order valence-corrected chi connectivity index (χ0v) is 10.3. The molecule has 1 rings (SSSR count). The average Bonchev–Trinajstić information content (AvgIpc) is 2.30. The van der Waals surface area contributed by atoms with Crippen LogP contribution in [0.2, 0.25) is 5.02 Å². The number of nitro groups is 1. The Bertz CT molecular complexity index is 500. The molecule has 0 saturated heterocycles. The van der Waals surface area contributed by atoms with Crippen molar-refractivity contribution in [3.63, 3.8) is 0 Å². The summed E-state index contributed by atoms with van der Waals surface area (Å²) in [7, 11) is 0. The molecule has 1 aromatic carbocycles. The Morgan fingerprint density at radius 3 is 2.72 bits per heavy atom. The molecule has 0 aliphatic rings. The van der Waals surface area contributed by atoms with E-state index in [9.17, 15) is 19.7 Å². The lowest BCUT2D eigenvalue weighted by atomic mass is 10.1. The van der Waals surface area contributed by atoms with Gasteiger partial charge < -0.3 is 4.74 Å². The lowest BCUT2D eigenvalue weighted by molar-refractivity contribution is -0.385. The Kier molecular flexibility index (Phi) is 4.79. The molecular formula is C11H10ClNO5. The SMILES string of the molecule is CCOC(=O)Cc1cc(C=O)c(Cl)cc1[N+](=O)[O-]. The van der Waals surface area contributed by atoms with Crippen LogP contribution >= 0.6 is 11.6 Å². The molecule has 0 aromatic heterocycles. The molecule has 0 radical (unpaired) electrons. The van der Waals surface area contributed by atoms with Crippen LogP contribution in [0.25, 0.3) is 0 Å². The molecule has 0 N–H and O–H groups in total. The number of ether oxygens (including phenoxy) is 1. The first kappa shape index (κ1) is 14.1. The molecule has 0 bridgehead atoms. The summed E-state index contributed by atoms with van der Waals surface area (Å²) in [5.74, 6) is -0.597. The molecule has 6 nitrogen and oxygen atoms in total. The van der Waals surface area contributed by atoms with Crippen LogP contribution < -0.4 is 0 Å². The maximum Gasteiger partial charge on any atom is 0.310 e. The highest BCUT2D eigenvalue weighted by Crippen LogP contribution is 2.27. The van der Waals surface area contributed by atoms with E-state index in [0.29, 0.717) is 6.29 Å². The van der Waals surface area contributed by atoms with E-state index >= 15 is 0 Å². The molecular weight excluding hydrogens is 262 g/mol. The van der Waals surface area contributed by atoms with Gasteiger partial charge >= 0.3 is 5.97 Å². The minimum atomic E-state index is -0.658. The molecule has 0 unspecified atom stereocenters. The monoisotopic (exact) mass is 271 g/mol. The first-order valence-corrected chi connectivity index (χ1v) is 5.45. The molecule has 0 heterocycles. The van der Waals surface area contributed by atoms with Gasteiger partial charge in [-0.05, 0) is 13.0 Å². The van der Waals surface area contributed by atoms with Crippen LogP contribution in [0.3, 0.4) is 0 Å². The van der Waals surface area contributed by atoms with Crippen LogP contribution in [0.4, 0.5) is 5.69 Å². The van der Waals surface area contributed by atoms with Gasteiger partial charge in [-0.15, -0.1) is 0 Å². The predicted octanol–water partition coefficient (Wildman–Crippen LogP) is 2.17. The topological polar surface area (TPSA) is 86.5 Å². The fraction of sp³-hybridized carbons (Fsp3) is 0.273. The number of hydrogen-bond acceptors (Lipinski definition) is 5. The third-order valence-electron chi connectivity index (χ3n) is 2.16. The zero-order valence-electron chi connectivity index (χ0n) is 9.51. The fourth-order valence-corrected chi connectivity index (χ4v) is 1.60. The molecule has 0 amide bonds. The number of aldehydes is 1. The lowest BCUT2D eigenvalue weighted by Gasteiger charge is -2.05. The Morgan fingerprint density at radius 2 is 2.22 bits per heavy atom. The maximum absolute atomic E-state index is 11.3. The van der Waals surface area contributed by atoms with Gasteiger partial charge in [0.15, 0.2) is 6.29 Å². The summed E-state index contributed by atoms with van der Waals surface area (Å²) in [4.78, 5) is 32.2. The number of rotatable bonds is 5. The quantitative estimate of drug-likeness (QED) is 0.354. The summed E-state index contributed by atoms with van der Waals surface area (Å²) in [6.45, 7) is 1.81. The van der Waals surface area contributed by atoms with E-state index in [1.54, 1.807) is 6.92 Å². The molecule has 18 heavy (non-hydrogen) atoms. The second kappa shape index (κ2) is 6.11. The van der Waals surface area contributed by atoms with Crippen molar-refractivity contribution < 1.29 is 19.2 Å². The third-order valence-corrected chi connectivity index (χ3v) is 2.49. The van der Waals surface area contributed by atoms with Crippen LogP contribution in [0.15, 0.2) is 12.1 Å². The number of halogens is 1. The summed E-state index contributed by atoms with van der Waals surface area (Å²) in [6.07, 6.45) is 0.197. The van der Waals surface area contributed by atoms with Crippen molar-refractivity contribution >= 4 is 29.5 Å². The first-order valence-electron chi connectivity index (χ1n) is 5.07. The lowest BCUT2D eigenvalue weighted by Crippen LogP contribution is -2.09. The van der Waals surface area contributed by atoms with E-state index in [1.165, 1.54) is 6.07 Å². The number of nitro benzene ring substituents is 1. The van der Waals surface area contributed by atoms with E-state index in [4.69, 9.17) is 16.3 Å². The zero-order chi connectivity index (χ0) is 13.7. The number of carbonyl (C=O) groups excluding carboxylic acids is 2. The van der Waals surface area contributed by atoms with Gasteiger partial charge in [-0.25, -0.2) is 0 Å². The Hall–Kier alpha value is -1.95. The van der Waals surface area contributed by atoms with Gasteiger partial charge in [-0.1, -0.05) is 11.6 Å². The molecule has 0 atom stereocenters. The van der Waals surface area contributed by atoms with E-state index in [-0.39, 0.29) is 34.9 Å². The van der Waals surface area contributed by atoms with Gasteiger partial charge in [0, 0.05) is 17.2 Å². The number of hydrogen-bond donors (Lipinski definition) is 0. The molecule has 96 valence electrons. The molecule has 1 aromatic rings. The van der Waals surface area contributed by atoms with Gasteiger partial charge in [0.25, 0.3) is 5.69 Å². The minimum absolute atomic E-state index is 0.0238.